The van der Waals surface area contributed by atoms with Crippen molar-refractivity contribution in [1.82, 2.24) is 0 Å². The molecule has 0 fully saturated rings. The van der Waals surface area contributed by atoms with Crippen LogP contribution in [0.15, 0.2) is 24.3 Å². The molecule has 1 rings (SSSR count). The predicted molar refractivity (Wildman–Crippen MR) is 91.9 cm³/mol. The fraction of sp³-hybridized carbons (Fsp3) is 0.588. The minimum Gasteiger partial charge on any atom is -0.506 e. The molecule has 0 amide bonds. The summed E-state index contributed by atoms with van der Waals surface area (Å²) < 4.78 is 0. The summed E-state index contributed by atoms with van der Waals surface area (Å²) in [6.45, 7) is 10.3. The minimum atomic E-state index is -0.493. The highest BCUT2D eigenvalue weighted by molar-refractivity contribution is 8.13. The van der Waals surface area contributed by atoms with Gasteiger partial charge in [0.25, 0.3) is 0 Å². The van der Waals surface area contributed by atoms with E-state index in [9.17, 15) is 9.90 Å². The zero-order chi connectivity index (χ0) is 16.0. The third-order valence-electron chi connectivity index (χ3n) is 3.61. The van der Waals surface area contributed by atoms with Crippen molar-refractivity contribution in [3.8, 4) is 5.75 Å². The Morgan fingerprint density at radius 1 is 1.33 bits per heavy atom. The molecule has 0 unspecified atom stereocenters. The van der Waals surface area contributed by atoms with Gasteiger partial charge in [0.05, 0.1) is 11.1 Å². The van der Waals surface area contributed by atoms with Gasteiger partial charge in [-0.15, -0.1) is 0 Å². The summed E-state index contributed by atoms with van der Waals surface area (Å²) in [6, 6.07) is 7.16. The van der Waals surface area contributed by atoms with Crippen molar-refractivity contribution >= 4 is 22.6 Å². The Kier molecular flexibility index (Phi) is 6.59. The third kappa shape index (κ3) is 4.95. The maximum absolute atomic E-state index is 12.4. The van der Waals surface area contributed by atoms with E-state index in [4.69, 9.17) is 0 Å². The van der Waals surface area contributed by atoms with Crippen LogP contribution in [0.5, 0.6) is 5.75 Å². The molecule has 0 aliphatic heterocycles. The molecule has 2 N–H and O–H groups in total. The second kappa shape index (κ2) is 7.74. The van der Waals surface area contributed by atoms with Crippen molar-refractivity contribution in [1.29, 1.82) is 0 Å². The number of para-hydroxylation sites is 2. The molecule has 0 spiro atoms. The molecular weight excluding hydrogens is 282 g/mol. The summed E-state index contributed by atoms with van der Waals surface area (Å²) in [5.74, 6) is 1.47. The Hall–Kier alpha value is -1.16. The quantitative estimate of drug-likeness (QED) is 0.727. The lowest BCUT2D eigenvalue weighted by Crippen LogP contribution is -2.42. The number of carbonyl (C=O) groups excluding carboxylic acids is 1. The number of thioether (sulfide) groups is 1. The van der Waals surface area contributed by atoms with Crippen LogP contribution in [0.4, 0.5) is 5.69 Å². The molecule has 4 heteroatoms. The van der Waals surface area contributed by atoms with Gasteiger partial charge in [-0.05, 0) is 30.2 Å². The van der Waals surface area contributed by atoms with E-state index in [1.807, 2.05) is 32.9 Å². The van der Waals surface area contributed by atoms with Gasteiger partial charge in [0, 0.05) is 6.04 Å². The fourth-order valence-corrected chi connectivity index (χ4v) is 3.02. The molecule has 0 heterocycles. The zero-order valence-corrected chi connectivity index (χ0v) is 14.5. The first-order chi connectivity index (χ1) is 9.78. The van der Waals surface area contributed by atoms with Crippen LogP contribution in [0, 0.1) is 11.3 Å². The number of phenols is 1. The van der Waals surface area contributed by atoms with Gasteiger partial charge in [-0.25, -0.2) is 0 Å². The number of carbonyl (C=O) groups is 1. The van der Waals surface area contributed by atoms with Crippen molar-refractivity contribution in [2.24, 2.45) is 11.3 Å². The molecule has 0 aromatic heterocycles. The third-order valence-corrected chi connectivity index (χ3v) is 4.69. The Morgan fingerprint density at radius 2 is 1.95 bits per heavy atom. The second-order valence-electron chi connectivity index (χ2n) is 6.29. The van der Waals surface area contributed by atoms with Crippen LogP contribution < -0.4 is 5.32 Å². The highest BCUT2D eigenvalue weighted by Gasteiger charge is 2.37. The first kappa shape index (κ1) is 17.9. The molecule has 0 radical (unpaired) electrons. The average molecular weight is 309 g/mol. The smallest absolute Gasteiger partial charge is 0.196 e. The Bertz CT molecular complexity index is 472. The maximum Gasteiger partial charge on any atom is 0.196 e. The van der Waals surface area contributed by atoms with Gasteiger partial charge in [0.2, 0.25) is 0 Å². The summed E-state index contributed by atoms with van der Waals surface area (Å²) in [5.41, 5.74) is 0.193. The van der Waals surface area contributed by atoms with Crippen molar-refractivity contribution in [2.75, 3.05) is 11.1 Å². The Morgan fingerprint density at radius 3 is 2.48 bits per heavy atom. The van der Waals surface area contributed by atoms with Gasteiger partial charge in [0.1, 0.15) is 5.75 Å². The Labute approximate surface area is 132 Å². The lowest BCUT2D eigenvalue weighted by molar-refractivity contribution is -0.119. The van der Waals surface area contributed by atoms with Gasteiger partial charge in [0.15, 0.2) is 5.12 Å². The zero-order valence-electron chi connectivity index (χ0n) is 13.6. The number of hydrogen-bond donors (Lipinski definition) is 2. The van der Waals surface area contributed by atoms with E-state index < -0.39 is 5.41 Å². The van der Waals surface area contributed by atoms with Crippen molar-refractivity contribution in [3.05, 3.63) is 24.3 Å². The first-order valence-electron chi connectivity index (χ1n) is 7.50. The van der Waals surface area contributed by atoms with Gasteiger partial charge in [-0.1, -0.05) is 58.5 Å². The number of phenolic OH excluding ortho intramolecular Hbond substituents is 1. The molecular formula is C17H27NO2S. The topological polar surface area (TPSA) is 49.3 Å². The van der Waals surface area contributed by atoms with Crippen LogP contribution in [0.3, 0.4) is 0 Å². The van der Waals surface area contributed by atoms with E-state index in [2.05, 4.69) is 19.2 Å². The van der Waals surface area contributed by atoms with Crippen molar-refractivity contribution < 1.29 is 9.90 Å². The van der Waals surface area contributed by atoms with Crippen molar-refractivity contribution in [2.45, 2.75) is 47.1 Å². The van der Waals surface area contributed by atoms with E-state index in [1.165, 1.54) is 11.8 Å². The number of benzene rings is 1. The predicted octanol–water partition coefficient (Wildman–Crippen LogP) is 4.52. The standard InChI is InChI=1S/C17H27NO2S/c1-6-21-16(20)17(4,5)15(11-12(2)3)18-13-9-7-8-10-14(13)19/h7-10,12,15,18-19H,6,11H2,1-5H3/t15-/m1/s1. The molecule has 0 bridgehead atoms. The number of anilines is 1. The molecule has 0 saturated heterocycles. The number of hydrogen-bond acceptors (Lipinski definition) is 4. The highest BCUT2D eigenvalue weighted by Crippen LogP contribution is 2.35. The molecule has 1 atom stereocenters. The van der Waals surface area contributed by atoms with Gasteiger partial charge < -0.3 is 10.4 Å². The van der Waals surface area contributed by atoms with Crippen LogP contribution in [0.25, 0.3) is 0 Å². The van der Waals surface area contributed by atoms with Gasteiger partial charge in [-0.3, -0.25) is 4.79 Å². The largest absolute Gasteiger partial charge is 0.506 e. The van der Waals surface area contributed by atoms with E-state index in [1.54, 1.807) is 12.1 Å². The normalized spacial score (nSPS) is 13.2. The number of aromatic hydroxyl groups is 1. The summed E-state index contributed by atoms with van der Waals surface area (Å²) in [6.07, 6.45) is 0.872. The van der Waals surface area contributed by atoms with Gasteiger partial charge >= 0.3 is 0 Å². The first-order valence-corrected chi connectivity index (χ1v) is 8.49. The van der Waals surface area contributed by atoms with Crippen LogP contribution >= 0.6 is 11.8 Å². The molecule has 0 aliphatic carbocycles. The van der Waals surface area contributed by atoms with Crippen LogP contribution in [0.1, 0.15) is 41.0 Å². The molecule has 0 aliphatic rings. The highest BCUT2D eigenvalue weighted by atomic mass is 32.2. The van der Waals surface area contributed by atoms with E-state index >= 15 is 0 Å². The summed E-state index contributed by atoms with van der Waals surface area (Å²) >= 11 is 1.37. The van der Waals surface area contributed by atoms with E-state index in [0.29, 0.717) is 11.6 Å². The van der Waals surface area contributed by atoms with E-state index in [-0.39, 0.29) is 16.9 Å². The molecule has 1 aromatic rings. The molecule has 0 saturated carbocycles. The van der Waals surface area contributed by atoms with E-state index in [0.717, 1.165) is 12.2 Å². The fourth-order valence-electron chi connectivity index (χ4n) is 2.25. The van der Waals surface area contributed by atoms with Crippen LogP contribution in [-0.4, -0.2) is 22.0 Å². The van der Waals surface area contributed by atoms with Crippen LogP contribution in [0.2, 0.25) is 0 Å². The number of rotatable bonds is 7. The number of nitrogens with one attached hydrogen (secondary N) is 1. The summed E-state index contributed by atoms with van der Waals surface area (Å²) in [4.78, 5) is 12.4. The van der Waals surface area contributed by atoms with Crippen LogP contribution in [-0.2, 0) is 4.79 Å². The Balaban J connectivity index is 3.00. The van der Waals surface area contributed by atoms with Gasteiger partial charge in [-0.2, -0.15) is 0 Å². The lowest BCUT2D eigenvalue weighted by atomic mass is 9.81. The minimum absolute atomic E-state index is 0.0163. The molecule has 3 nitrogen and oxygen atoms in total. The monoisotopic (exact) mass is 309 g/mol. The van der Waals surface area contributed by atoms with Crippen molar-refractivity contribution in [3.63, 3.8) is 0 Å². The molecule has 1 aromatic carbocycles. The summed E-state index contributed by atoms with van der Waals surface area (Å²) in [5, 5.41) is 13.5. The molecule has 21 heavy (non-hydrogen) atoms. The maximum atomic E-state index is 12.4. The summed E-state index contributed by atoms with van der Waals surface area (Å²) in [7, 11) is 0. The SMILES string of the molecule is CCSC(=O)C(C)(C)[C@@H](CC(C)C)Nc1ccccc1O. The second-order valence-corrected chi connectivity index (χ2v) is 7.52. The average Bonchev–Trinajstić information content (AvgIpc) is 2.40. The molecule has 118 valence electrons. The lowest BCUT2D eigenvalue weighted by Gasteiger charge is -2.35.